The van der Waals surface area contributed by atoms with Gasteiger partial charge < -0.3 is 4.74 Å². The average molecular weight is 261 g/mol. The van der Waals surface area contributed by atoms with Gasteiger partial charge in [0.2, 0.25) is 0 Å². The Morgan fingerprint density at radius 3 is 2.63 bits per heavy atom. The molecule has 1 aliphatic rings. The van der Waals surface area contributed by atoms with Gasteiger partial charge in [-0.2, -0.15) is 0 Å². The highest BCUT2D eigenvalue weighted by atomic mass is 16.5. The highest BCUT2D eigenvalue weighted by Crippen LogP contribution is 2.26. The summed E-state index contributed by atoms with van der Waals surface area (Å²) in [5.74, 6) is -0.127. The van der Waals surface area contributed by atoms with Crippen LogP contribution in [0.1, 0.15) is 38.7 Å². The molecule has 0 aliphatic heterocycles. The van der Waals surface area contributed by atoms with Crippen molar-refractivity contribution in [2.24, 2.45) is 0 Å². The molecule has 1 aliphatic carbocycles. The second-order valence-corrected chi connectivity index (χ2v) is 5.46. The fourth-order valence-electron chi connectivity index (χ4n) is 2.24. The van der Waals surface area contributed by atoms with Crippen molar-refractivity contribution in [3.05, 3.63) is 35.9 Å². The minimum Gasteiger partial charge on any atom is -0.465 e. The lowest BCUT2D eigenvalue weighted by Crippen LogP contribution is -2.51. The van der Waals surface area contributed by atoms with Crippen LogP contribution in [0.2, 0.25) is 0 Å². The van der Waals surface area contributed by atoms with Crippen LogP contribution in [0.3, 0.4) is 0 Å². The number of carbonyl (C=O) groups excluding carboxylic acids is 1. The number of esters is 1. The van der Waals surface area contributed by atoms with E-state index in [0.717, 1.165) is 12.8 Å². The third-order valence-electron chi connectivity index (χ3n) is 3.58. The zero-order chi connectivity index (χ0) is 13.7. The first-order valence-electron chi connectivity index (χ1n) is 7.13. The molecule has 0 bridgehead atoms. The lowest BCUT2D eigenvalue weighted by molar-refractivity contribution is -0.150. The summed E-state index contributed by atoms with van der Waals surface area (Å²) in [6.45, 7) is 4.25. The normalized spacial score (nSPS) is 17.8. The van der Waals surface area contributed by atoms with Crippen molar-refractivity contribution in [3.8, 4) is 0 Å². The van der Waals surface area contributed by atoms with E-state index in [1.165, 1.54) is 18.4 Å². The fraction of sp³-hybridized carbons (Fsp3) is 0.562. The predicted octanol–water partition coefficient (Wildman–Crippen LogP) is 2.69. The zero-order valence-electron chi connectivity index (χ0n) is 11.8. The van der Waals surface area contributed by atoms with Crippen LogP contribution in [-0.4, -0.2) is 24.2 Å². The van der Waals surface area contributed by atoms with Crippen molar-refractivity contribution in [2.45, 2.75) is 51.1 Å². The lowest BCUT2D eigenvalue weighted by atomic mass is 9.93. The van der Waals surface area contributed by atoms with E-state index in [4.69, 9.17) is 4.74 Å². The molecule has 1 unspecified atom stereocenters. The molecule has 0 heterocycles. The van der Waals surface area contributed by atoms with Gasteiger partial charge in [0.05, 0.1) is 6.61 Å². The molecule has 1 atom stereocenters. The Kier molecular flexibility index (Phi) is 4.59. The molecule has 19 heavy (non-hydrogen) atoms. The molecule has 1 fully saturated rings. The molecule has 2 rings (SSSR count). The highest BCUT2D eigenvalue weighted by molar-refractivity contribution is 5.80. The van der Waals surface area contributed by atoms with Gasteiger partial charge in [0.25, 0.3) is 0 Å². The molecule has 0 radical (unpaired) electrons. The highest BCUT2D eigenvalue weighted by Gasteiger charge is 2.39. The Balaban J connectivity index is 1.98. The van der Waals surface area contributed by atoms with Gasteiger partial charge in [-0.15, -0.1) is 0 Å². The van der Waals surface area contributed by atoms with Crippen molar-refractivity contribution < 1.29 is 9.53 Å². The van der Waals surface area contributed by atoms with E-state index < -0.39 is 5.54 Å². The predicted molar refractivity (Wildman–Crippen MR) is 76.0 cm³/mol. The topological polar surface area (TPSA) is 38.3 Å². The number of aryl methyl sites for hydroxylation is 1. The Morgan fingerprint density at radius 1 is 1.37 bits per heavy atom. The maximum Gasteiger partial charge on any atom is 0.326 e. The summed E-state index contributed by atoms with van der Waals surface area (Å²) >= 11 is 0. The molecule has 0 aromatic heterocycles. The summed E-state index contributed by atoms with van der Waals surface area (Å²) in [5, 5.41) is 3.45. The number of benzene rings is 1. The van der Waals surface area contributed by atoms with Crippen LogP contribution < -0.4 is 5.32 Å². The molecule has 1 aromatic rings. The van der Waals surface area contributed by atoms with E-state index in [1.54, 1.807) is 0 Å². The van der Waals surface area contributed by atoms with Crippen molar-refractivity contribution in [2.75, 3.05) is 6.61 Å². The number of hydrogen-bond donors (Lipinski definition) is 1. The average Bonchev–Trinajstić information content (AvgIpc) is 3.22. The van der Waals surface area contributed by atoms with Gasteiger partial charge in [0, 0.05) is 6.04 Å². The number of rotatable bonds is 7. The second kappa shape index (κ2) is 6.20. The van der Waals surface area contributed by atoms with Gasteiger partial charge in [-0.3, -0.25) is 10.1 Å². The molecule has 3 nitrogen and oxygen atoms in total. The number of nitrogens with one attached hydrogen (secondary N) is 1. The number of ether oxygens (including phenoxy) is 1. The minimum absolute atomic E-state index is 0.127. The van der Waals surface area contributed by atoms with Gasteiger partial charge >= 0.3 is 5.97 Å². The monoisotopic (exact) mass is 261 g/mol. The molecule has 0 saturated heterocycles. The summed E-state index contributed by atoms with van der Waals surface area (Å²) in [4.78, 5) is 12.2. The van der Waals surface area contributed by atoms with E-state index in [0.29, 0.717) is 12.6 Å². The molecule has 3 heteroatoms. The third-order valence-corrected chi connectivity index (χ3v) is 3.58. The number of hydrogen-bond acceptors (Lipinski definition) is 3. The molecule has 1 saturated carbocycles. The molecular weight excluding hydrogens is 238 g/mol. The first kappa shape index (κ1) is 14.1. The third kappa shape index (κ3) is 4.06. The largest absolute Gasteiger partial charge is 0.465 e. The molecule has 0 amide bonds. The Morgan fingerprint density at radius 2 is 2.05 bits per heavy atom. The van der Waals surface area contributed by atoms with Crippen molar-refractivity contribution in [3.63, 3.8) is 0 Å². The van der Waals surface area contributed by atoms with Gasteiger partial charge in [-0.1, -0.05) is 30.3 Å². The van der Waals surface area contributed by atoms with E-state index in [9.17, 15) is 4.79 Å². The summed E-state index contributed by atoms with van der Waals surface area (Å²) in [5.41, 5.74) is 0.697. The van der Waals surface area contributed by atoms with Crippen LogP contribution in [0.15, 0.2) is 30.3 Å². The Labute approximate surface area is 115 Å². The van der Waals surface area contributed by atoms with E-state index >= 15 is 0 Å². The molecule has 104 valence electrons. The number of carbonyl (C=O) groups is 1. The fourth-order valence-corrected chi connectivity index (χ4v) is 2.24. The van der Waals surface area contributed by atoms with Crippen molar-refractivity contribution in [1.82, 2.24) is 5.32 Å². The SMILES string of the molecule is CCOC(=O)C(C)(CCc1ccccc1)NC1CC1. The molecule has 0 spiro atoms. The van der Waals surface area contributed by atoms with Gasteiger partial charge in [-0.25, -0.2) is 0 Å². The smallest absolute Gasteiger partial charge is 0.326 e. The van der Waals surface area contributed by atoms with Gasteiger partial charge in [-0.05, 0) is 45.1 Å². The van der Waals surface area contributed by atoms with Crippen molar-refractivity contribution >= 4 is 5.97 Å². The van der Waals surface area contributed by atoms with Crippen LogP contribution in [0.25, 0.3) is 0 Å². The van der Waals surface area contributed by atoms with Crippen LogP contribution >= 0.6 is 0 Å². The van der Waals surface area contributed by atoms with Crippen LogP contribution in [0.5, 0.6) is 0 Å². The Bertz CT molecular complexity index is 414. The zero-order valence-corrected chi connectivity index (χ0v) is 11.8. The first-order valence-corrected chi connectivity index (χ1v) is 7.13. The lowest BCUT2D eigenvalue weighted by Gasteiger charge is -2.28. The molecule has 1 aromatic carbocycles. The van der Waals surface area contributed by atoms with Gasteiger partial charge in [0.1, 0.15) is 5.54 Å². The van der Waals surface area contributed by atoms with Crippen molar-refractivity contribution in [1.29, 1.82) is 0 Å². The quantitative estimate of drug-likeness (QED) is 0.767. The Hall–Kier alpha value is -1.35. The van der Waals surface area contributed by atoms with Crippen LogP contribution in [0, 0.1) is 0 Å². The standard InChI is InChI=1S/C16H23NO2/c1-3-19-15(18)16(2,17-14-9-10-14)12-11-13-7-5-4-6-8-13/h4-8,14,17H,3,9-12H2,1-2H3. The summed E-state index contributed by atoms with van der Waals surface area (Å²) in [6, 6.07) is 10.8. The summed E-state index contributed by atoms with van der Waals surface area (Å²) < 4.78 is 5.22. The van der Waals surface area contributed by atoms with Crippen LogP contribution in [-0.2, 0) is 16.0 Å². The van der Waals surface area contributed by atoms with Crippen LogP contribution in [0.4, 0.5) is 0 Å². The maximum absolute atomic E-state index is 12.2. The van der Waals surface area contributed by atoms with E-state index in [2.05, 4.69) is 17.4 Å². The van der Waals surface area contributed by atoms with E-state index in [1.807, 2.05) is 32.0 Å². The first-order chi connectivity index (χ1) is 9.14. The molecule has 1 N–H and O–H groups in total. The van der Waals surface area contributed by atoms with E-state index in [-0.39, 0.29) is 5.97 Å². The second-order valence-electron chi connectivity index (χ2n) is 5.46. The summed E-state index contributed by atoms with van der Waals surface area (Å²) in [6.07, 6.45) is 3.99. The minimum atomic E-state index is -0.562. The maximum atomic E-state index is 12.2. The van der Waals surface area contributed by atoms with Gasteiger partial charge in [0.15, 0.2) is 0 Å². The molecular formula is C16H23NO2. The summed E-state index contributed by atoms with van der Waals surface area (Å²) in [7, 11) is 0.